The Bertz CT molecular complexity index is 476. The first-order valence-electron chi connectivity index (χ1n) is 5.81. The summed E-state index contributed by atoms with van der Waals surface area (Å²) in [6, 6.07) is 7.47. The number of para-hydroxylation sites is 1. The second kappa shape index (κ2) is 5.92. The summed E-state index contributed by atoms with van der Waals surface area (Å²) >= 11 is 0. The Kier molecular flexibility index (Phi) is 4.55. The SMILES string of the molecule is CC(C)N(CCC#N)c1cccc(C(N)=O)c1N. The molecule has 0 saturated carbocycles. The number of carbonyl (C=O) groups excluding carboxylic acids is 1. The molecule has 0 atom stereocenters. The molecule has 0 aliphatic carbocycles. The third-order valence-electron chi connectivity index (χ3n) is 2.75. The van der Waals surface area contributed by atoms with Crippen LogP contribution in [-0.4, -0.2) is 18.5 Å². The fraction of sp³-hybridized carbons (Fsp3) is 0.385. The van der Waals surface area contributed by atoms with Gasteiger partial charge in [0.25, 0.3) is 5.91 Å². The summed E-state index contributed by atoms with van der Waals surface area (Å²) in [4.78, 5) is 13.2. The number of primary amides is 1. The number of hydrogen-bond acceptors (Lipinski definition) is 4. The molecule has 4 N–H and O–H groups in total. The molecule has 0 unspecified atom stereocenters. The van der Waals surface area contributed by atoms with Crippen molar-refractivity contribution in [1.29, 1.82) is 5.26 Å². The predicted molar refractivity (Wildman–Crippen MR) is 72.1 cm³/mol. The highest BCUT2D eigenvalue weighted by Gasteiger charge is 2.16. The van der Waals surface area contributed by atoms with Crippen LogP contribution < -0.4 is 16.4 Å². The number of benzene rings is 1. The Morgan fingerprint density at radius 2 is 2.17 bits per heavy atom. The van der Waals surface area contributed by atoms with Gasteiger partial charge in [0, 0.05) is 12.6 Å². The van der Waals surface area contributed by atoms with Crippen LogP contribution in [-0.2, 0) is 0 Å². The minimum Gasteiger partial charge on any atom is -0.396 e. The first-order valence-corrected chi connectivity index (χ1v) is 5.81. The lowest BCUT2D eigenvalue weighted by Gasteiger charge is -2.29. The van der Waals surface area contributed by atoms with Crippen LogP contribution in [0.3, 0.4) is 0 Å². The molecule has 0 saturated heterocycles. The molecular formula is C13H18N4O. The highest BCUT2D eigenvalue weighted by atomic mass is 16.1. The minimum atomic E-state index is -0.543. The van der Waals surface area contributed by atoms with Crippen LogP contribution in [0.4, 0.5) is 11.4 Å². The summed E-state index contributed by atoms with van der Waals surface area (Å²) in [5.74, 6) is -0.543. The van der Waals surface area contributed by atoms with E-state index in [9.17, 15) is 4.79 Å². The summed E-state index contributed by atoms with van der Waals surface area (Å²) < 4.78 is 0. The fourth-order valence-electron chi connectivity index (χ4n) is 1.85. The number of nitrogens with two attached hydrogens (primary N) is 2. The van der Waals surface area contributed by atoms with Crippen molar-refractivity contribution in [3.63, 3.8) is 0 Å². The van der Waals surface area contributed by atoms with Crippen molar-refractivity contribution in [3.05, 3.63) is 23.8 Å². The molecule has 0 aliphatic rings. The Labute approximate surface area is 107 Å². The maximum Gasteiger partial charge on any atom is 0.250 e. The molecule has 0 radical (unpaired) electrons. The Hall–Kier alpha value is -2.22. The van der Waals surface area contributed by atoms with Gasteiger partial charge in [-0.25, -0.2) is 0 Å². The minimum absolute atomic E-state index is 0.184. The zero-order valence-electron chi connectivity index (χ0n) is 10.7. The maximum atomic E-state index is 11.3. The third-order valence-corrected chi connectivity index (χ3v) is 2.75. The van der Waals surface area contributed by atoms with Crippen LogP contribution >= 0.6 is 0 Å². The monoisotopic (exact) mass is 246 g/mol. The van der Waals surface area contributed by atoms with Crippen molar-refractivity contribution in [2.45, 2.75) is 26.3 Å². The number of rotatable bonds is 5. The summed E-state index contributed by atoms with van der Waals surface area (Å²) in [7, 11) is 0. The lowest BCUT2D eigenvalue weighted by Crippen LogP contribution is -2.32. The second-order valence-electron chi connectivity index (χ2n) is 4.30. The van der Waals surface area contributed by atoms with E-state index in [1.165, 1.54) is 0 Å². The van der Waals surface area contributed by atoms with Crippen LogP contribution in [0.25, 0.3) is 0 Å². The predicted octanol–water partition coefficient (Wildman–Crippen LogP) is 1.50. The molecule has 0 fully saturated rings. The Morgan fingerprint density at radius 1 is 1.50 bits per heavy atom. The largest absolute Gasteiger partial charge is 0.396 e. The molecule has 0 spiro atoms. The van der Waals surface area contributed by atoms with Crippen molar-refractivity contribution in [2.24, 2.45) is 5.73 Å². The van der Waals surface area contributed by atoms with Gasteiger partial charge >= 0.3 is 0 Å². The average Bonchev–Trinajstić information content (AvgIpc) is 2.30. The van der Waals surface area contributed by atoms with Gasteiger partial charge in [0.2, 0.25) is 0 Å². The smallest absolute Gasteiger partial charge is 0.250 e. The van der Waals surface area contributed by atoms with Gasteiger partial charge in [0.1, 0.15) is 0 Å². The highest BCUT2D eigenvalue weighted by molar-refractivity contribution is 6.00. The van der Waals surface area contributed by atoms with Crippen molar-refractivity contribution in [3.8, 4) is 6.07 Å². The zero-order valence-corrected chi connectivity index (χ0v) is 10.7. The molecule has 0 aliphatic heterocycles. The molecular weight excluding hydrogens is 228 g/mol. The Morgan fingerprint density at radius 3 is 2.67 bits per heavy atom. The molecule has 5 nitrogen and oxygen atoms in total. The molecule has 1 amide bonds. The van der Waals surface area contributed by atoms with Crippen LogP contribution in [0.1, 0.15) is 30.6 Å². The van der Waals surface area contributed by atoms with E-state index in [0.29, 0.717) is 24.2 Å². The summed E-state index contributed by atoms with van der Waals surface area (Å²) in [6.07, 6.45) is 0.401. The van der Waals surface area contributed by atoms with E-state index in [4.69, 9.17) is 16.7 Å². The van der Waals surface area contributed by atoms with E-state index in [0.717, 1.165) is 5.69 Å². The van der Waals surface area contributed by atoms with E-state index >= 15 is 0 Å². The molecule has 5 heteroatoms. The summed E-state index contributed by atoms with van der Waals surface area (Å²) in [5.41, 5.74) is 12.7. The van der Waals surface area contributed by atoms with Crippen molar-refractivity contribution in [2.75, 3.05) is 17.2 Å². The van der Waals surface area contributed by atoms with Crippen molar-refractivity contribution >= 4 is 17.3 Å². The molecule has 18 heavy (non-hydrogen) atoms. The molecule has 1 rings (SSSR count). The number of nitriles is 1. The van der Waals surface area contributed by atoms with Gasteiger partial charge in [-0.2, -0.15) is 5.26 Å². The van der Waals surface area contributed by atoms with Gasteiger partial charge in [-0.05, 0) is 26.0 Å². The average molecular weight is 246 g/mol. The number of anilines is 2. The van der Waals surface area contributed by atoms with Crippen molar-refractivity contribution in [1.82, 2.24) is 0 Å². The normalized spacial score (nSPS) is 10.1. The van der Waals surface area contributed by atoms with E-state index in [1.807, 2.05) is 24.8 Å². The lowest BCUT2D eigenvalue weighted by atomic mass is 10.1. The molecule has 1 aromatic rings. The van der Waals surface area contributed by atoms with E-state index < -0.39 is 5.91 Å². The second-order valence-corrected chi connectivity index (χ2v) is 4.30. The summed E-state index contributed by atoms with van der Waals surface area (Å²) in [5, 5.41) is 8.67. The standard InChI is InChI=1S/C13H18N4O/c1-9(2)17(8-4-7-14)11-6-3-5-10(12(11)15)13(16)18/h3,5-6,9H,4,8,15H2,1-2H3,(H2,16,18). The van der Waals surface area contributed by atoms with Gasteiger partial charge in [-0.3, -0.25) is 4.79 Å². The molecule has 0 aromatic heterocycles. The molecule has 1 aromatic carbocycles. The number of nitrogens with zero attached hydrogens (tertiary/aromatic N) is 2. The fourth-order valence-corrected chi connectivity index (χ4v) is 1.85. The first kappa shape index (κ1) is 13.8. The maximum absolute atomic E-state index is 11.3. The third kappa shape index (κ3) is 2.92. The van der Waals surface area contributed by atoms with Gasteiger partial charge in [0.15, 0.2) is 0 Å². The Balaban J connectivity index is 3.17. The zero-order chi connectivity index (χ0) is 13.7. The van der Waals surface area contributed by atoms with Crippen LogP contribution in [0, 0.1) is 11.3 Å². The van der Waals surface area contributed by atoms with Crippen molar-refractivity contribution < 1.29 is 4.79 Å². The first-order chi connectivity index (χ1) is 8.49. The molecule has 0 heterocycles. The quantitative estimate of drug-likeness (QED) is 0.769. The number of amides is 1. The van der Waals surface area contributed by atoms with Crippen LogP contribution in [0.2, 0.25) is 0 Å². The lowest BCUT2D eigenvalue weighted by molar-refractivity contribution is 0.100. The topological polar surface area (TPSA) is 96.1 Å². The molecule has 0 bridgehead atoms. The van der Waals surface area contributed by atoms with E-state index in [1.54, 1.807) is 12.1 Å². The molecule has 96 valence electrons. The summed E-state index contributed by atoms with van der Waals surface area (Å²) in [6.45, 7) is 4.59. The van der Waals surface area contributed by atoms with E-state index in [2.05, 4.69) is 6.07 Å². The van der Waals surface area contributed by atoms with Gasteiger partial charge in [0.05, 0.1) is 29.4 Å². The number of hydrogen-bond donors (Lipinski definition) is 2. The van der Waals surface area contributed by atoms with Crippen LogP contribution in [0.5, 0.6) is 0 Å². The van der Waals surface area contributed by atoms with Gasteiger partial charge < -0.3 is 16.4 Å². The highest BCUT2D eigenvalue weighted by Crippen LogP contribution is 2.28. The van der Waals surface area contributed by atoms with Gasteiger partial charge in [-0.15, -0.1) is 0 Å². The number of nitrogen functional groups attached to an aromatic ring is 1. The number of carbonyl (C=O) groups is 1. The van der Waals surface area contributed by atoms with Gasteiger partial charge in [-0.1, -0.05) is 6.07 Å². The van der Waals surface area contributed by atoms with E-state index in [-0.39, 0.29) is 6.04 Å². The van der Waals surface area contributed by atoms with Crippen LogP contribution in [0.15, 0.2) is 18.2 Å².